The number of nitrogens with one attached hydrogen (secondary N) is 1. The molecule has 2 fully saturated rings. The molecule has 18 heavy (non-hydrogen) atoms. The zero-order valence-electron chi connectivity index (χ0n) is 10.7. The smallest absolute Gasteiger partial charge is 0.133 e. The molecule has 1 heterocycles. The van der Waals surface area contributed by atoms with E-state index in [0.717, 1.165) is 12.4 Å². The number of hydrogen-bond acceptors (Lipinski definition) is 4. The molecular weight excluding hydrogens is 226 g/mol. The van der Waals surface area contributed by atoms with Crippen LogP contribution in [-0.4, -0.2) is 35.3 Å². The number of nitrogens with zero attached hydrogens (tertiary/aromatic N) is 2. The van der Waals surface area contributed by atoms with Crippen molar-refractivity contribution in [3.8, 4) is 0 Å². The standard InChI is InChI=1S/C14H21N3O/c18-9-8-17(13-5-6-13)14-11(2-1-7-15-14)10-16-12-3-4-12/h1-2,7,12-13,16,18H,3-6,8-10H2. The van der Waals surface area contributed by atoms with E-state index in [9.17, 15) is 5.11 Å². The van der Waals surface area contributed by atoms with Crippen LogP contribution in [0, 0.1) is 0 Å². The quantitative estimate of drug-likeness (QED) is 0.762. The van der Waals surface area contributed by atoms with Crippen molar-refractivity contribution in [3.63, 3.8) is 0 Å². The van der Waals surface area contributed by atoms with Crippen molar-refractivity contribution in [2.24, 2.45) is 0 Å². The van der Waals surface area contributed by atoms with E-state index in [1.165, 1.54) is 31.2 Å². The van der Waals surface area contributed by atoms with Crippen LogP contribution in [0.5, 0.6) is 0 Å². The van der Waals surface area contributed by atoms with Crippen LogP contribution in [-0.2, 0) is 6.54 Å². The zero-order chi connectivity index (χ0) is 12.4. The van der Waals surface area contributed by atoms with Gasteiger partial charge in [0, 0.05) is 36.9 Å². The number of rotatable bonds is 7. The Morgan fingerprint density at radius 3 is 2.83 bits per heavy atom. The summed E-state index contributed by atoms with van der Waals surface area (Å²) in [5.74, 6) is 1.06. The summed E-state index contributed by atoms with van der Waals surface area (Å²) in [6, 6.07) is 5.44. The van der Waals surface area contributed by atoms with Crippen molar-refractivity contribution in [2.75, 3.05) is 18.1 Å². The van der Waals surface area contributed by atoms with Gasteiger partial charge in [-0.1, -0.05) is 6.07 Å². The predicted octanol–water partition coefficient (Wildman–Crippen LogP) is 1.29. The summed E-state index contributed by atoms with van der Waals surface area (Å²) in [6.07, 6.45) is 6.91. The first kappa shape index (κ1) is 11.9. The molecule has 4 heteroatoms. The van der Waals surface area contributed by atoms with Gasteiger partial charge in [0.15, 0.2) is 0 Å². The minimum Gasteiger partial charge on any atom is -0.395 e. The minimum atomic E-state index is 0.197. The van der Waals surface area contributed by atoms with Crippen molar-refractivity contribution < 1.29 is 5.11 Å². The van der Waals surface area contributed by atoms with Crippen LogP contribution in [0.4, 0.5) is 5.82 Å². The Morgan fingerprint density at radius 2 is 2.17 bits per heavy atom. The van der Waals surface area contributed by atoms with Crippen LogP contribution in [0.15, 0.2) is 18.3 Å². The molecule has 0 aliphatic heterocycles. The Kier molecular flexibility index (Phi) is 3.48. The third kappa shape index (κ3) is 2.82. The van der Waals surface area contributed by atoms with Crippen LogP contribution in [0.2, 0.25) is 0 Å². The summed E-state index contributed by atoms with van der Waals surface area (Å²) in [4.78, 5) is 6.80. The summed E-state index contributed by atoms with van der Waals surface area (Å²) in [7, 11) is 0. The molecule has 0 aromatic carbocycles. The van der Waals surface area contributed by atoms with E-state index in [4.69, 9.17) is 0 Å². The Balaban J connectivity index is 1.74. The molecule has 0 spiro atoms. The number of pyridine rings is 1. The molecule has 98 valence electrons. The molecule has 1 aromatic heterocycles. The fraction of sp³-hybridized carbons (Fsp3) is 0.643. The Bertz CT molecular complexity index is 402. The molecule has 0 amide bonds. The molecule has 2 aliphatic rings. The van der Waals surface area contributed by atoms with Gasteiger partial charge in [0.05, 0.1) is 6.61 Å². The van der Waals surface area contributed by atoms with Crippen LogP contribution >= 0.6 is 0 Å². The molecule has 0 radical (unpaired) electrons. The molecule has 2 N–H and O–H groups in total. The second-order valence-electron chi connectivity index (χ2n) is 5.29. The van der Waals surface area contributed by atoms with Crippen LogP contribution in [0.3, 0.4) is 0 Å². The van der Waals surface area contributed by atoms with Crippen LogP contribution in [0.25, 0.3) is 0 Å². The van der Waals surface area contributed by atoms with Gasteiger partial charge in [-0.2, -0.15) is 0 Å². The summed E-state index contributed by atoms with van der Waals surface area (Å²) in [5, 5.41) is 12.7. The number of aliphatic hydroxyl groups is 1. The molecule has 0 atom stereocenters. The average molecular weight is 247 g/mol. The second kappa shape index (κ2) is 5.24. The van der Waals surface area contributed by atoms with Gasteiger partial charge >= 0.3 is 0 Å². The van der Waals surface area contributed by atoms with Gasteiger partial charge in [0.2, 0.25) is 0 Å². The minimum absolute atomic E-state index is 0.197. The largest absolute Gasteiger partial charge is 0.395 e. The number of anilines is 1. The van der Waals surface area contributed by atoms with Gasteiger partial charge in [0.25, 0.3) is 0 Å². The first-order chi connectivity index (χ1) is 8.88. The number of hydrogen-bond donors (Lipinski definition) is 2. The summed E-state index contributed by atoms with van der Waals surface area (Å²) in [6.45, 7) is 1.78. The SMILES string of the molecule is OCCN(c1ncccc1CNC1CC1)C1CC1. The Morgan fingerprint density at radius 1 is 1.33 bits per heavy atom. The molecule has 1 aromatic rings. The predicted molar refractivity (Wildman–Crippen MR) is 71.6 cm³/mol. The normalized spacial score (nSPS) is 18.9. The first-order valence-corrected chi connectivity index (χ1v) is 6.93. The third-order valence-electron chi connectivity index (χ3n) is 3.63. The van der Waals surface area contributed by atoms with E-state index in [1.54, 1.807) is 0 Å². The maximum absolute atomic E-state index is 9.21. The highest BCUT2D eigenvalue weighted by atomic mass is 16.3. The zero-order valence-corrected chi connectivity index (χ0v) is 10.7. The lowest BCUT2D eigenvalue weighted by Crippen LogP contribution is -2.31. The molecule has 0 bridgehead atoms. The van der Waals surface area contributed by atoms with Gasteiger partial charge in [-0.05, 0) is 31.7 Å². The molecule has 3 rings (SSSR count). The van der Waals surface area contributed by atoms with Gasteiger partial charge in [0.1, 0.15) is 5.82 Å². The molecule has 2 aliphatic carbocycles. The lowest BCUT2D eigenvalue weighted by atomic mass is 10.2. The summed E-state index contributed by atoms with van der Waals surface area (Å²) in [5.41, 5.74) is 1.25. The van der Waals surface area contributed by atoms with Crippen LogP contribution in [0.1, 0.15) is 31.2 Å². The highest BCUT2D eigenvalue weighted by molar-refractivity contribution is 5.49. The van der Waals surface area contributed by atoms with Crippen molar-refractivity contribution in [1.82, 2.24) is 10.3 Å². The Labute approximate surface area is 108 Å². The lowest BCUT2D eigenvalue weighted by Gasteiger charge is -2.25. The van der Waals surface area contributed by atoms with Crippen molar-refractivity contribution in [1.29, 1.82) is 0 Å². The highest BCUT2D eigenvalue weighted by Crippen LogP contribution is 2.32. The summed E-state index contributed by atoms with van der Waals surface area (Å²) >= 11 is 0. The van der Waals surface area contributed by atoms with E-state index in [1.807, 2.05) is 12.3 Å². The fourth-order valence-electron chi connectivity index (χ4n) is 2.32. The molecular formula is C14H21N3O. The second-order valence-corrected chi connectivity index (χ2v) is 5.29. The van der Waals surface area contributed by atoms with Crippen LogP contribution < -0.4 is 10.2 Å². The third-order valence-corrected chi connectivity index (χ3v) is 3.63. The average Bonchev–Trinajstić information content (AvgIpc) is 3.28. The monoisotopic (exact) mass is 247 g/mol. The topological polar surface area (TPSA) is 48.4 Å². The van der Waals surface area contributed by atoms with Gasteiger partial charge in [-0.3, -0.25) is 0 Å². The molecule has 2 saturated carbocycles. The highest BCUT2D eigenvalue weighted by Gasteiger charge is 2.31. The van der Waals surface area contributed by atoms with E-state index in [-0.39, 0.29) is 6.61 Å². The molecule has 4 nitrogen and oxygen atoms in total. The Hall–Kier alpha value is -1.13. The molecule has 0 unspecified atom stereocenters. The van der Waals surface area contributed by atoms with E-state index < -0.39 is 0 Å². The first-order valence-electron chi connectivity index (χ1n) is 6.93. The van der Waals surface area contributed by atoms with Gasteiger partial charge in [-0.25, -0.2) is 4.98 Å². The van der Waals surface area contributed by atoms with E-state index in [2.05, 4.69) is 21.3 Å². The van der Waals surface area contributed by atoms with Crippen molar-refractivity contribution >= 4 is 5.82 Å². The number of aromatic nitrogens is 1. The van der Waals surface area contributed by atoms with E-state index in [0.29, 0.717) is 18.6 Å². The molecule has 0 saturated heterocycles. The van der Waals surface area contributed by atoms with Crippen molar-refractivity contribution in [2.45, 2.75) is 44.3 Å². The van der Waals surface area contributed by atoms with Gasteiger partial charge < -0.3 is 15.3 Å². The maximum Gasteiger partial charge on any atom is 0.133 e. The number of aliphatic hydroxyl groups excluding tert-OH is 1. The lowest BCUT2D eigenvalue weighted by molar-refractivity contribution is 0.301. The van der Waals surface area contributed by atoms with Gasteiger partial charge in [-0.15, -0.1) is 0 Å². The van der Waals surface area contributed by atoms with E-state index >= 15 is 0 Å². The van der Waals surface area contributed by atoms with Crippen molar-refractivity contribution in [3.05, 3.63) is 23.9 Å². The summed E-state index contributed by atoms with van der Waals surface area (Å²) < 4.78 is 0. The fourth-order valence-corrected chi connectivity index (χ4v) is 2.32. The maximum atomic E-state index is 9.21.